The van der Waals surface area contributed by atoms with Crippen LogP contribution in [0, 0.1) is 5.92 Å². The van der Waals surface area contributed by atoms with Gasteiger partial charge in [-0.05, 0) is 49.1 Å². The third-order valence-corrected chi connectivity index (χ3v) is 7.22. The zero-order chi connectivity index (χ0) is 20.3. The van der Waals surface area contributed by atoms with Gasteiger partial charge in [0.05, 0.1) is 18.2 Å². The Labute approximate surface area is 173 Å². The SMILES string of the molecule is O=C1CCC(O)(CNCC(=O)N2CCc3ccccc3C2C2CCCCC2)CC1. The summed E-state index contributed by atoms with van der Waals surface area (Å²) in [6, 6.07) is 8.81. The van der Waals surface area contributed by atoms with E-state index < -0.39 is 5.60 Å². The van der Waals surface area contributed by atoms with Crippen molar-refractivity contribution >= 4 is 11.7 Å². The zero-order valence-electron chi connectivity index (χ0n) is 17.4. The second kappa shape index (κ2) is 8.97. The van der Waals surface area contributed by atoms with Crippen molar-refractivity contribution < 1.29 is 14.7 Å². The van der Waals surface area contributed by atoms with Crippen LogP contribution in [0.1, 0.15) is 75.0 Å². The minimum atomic E-state index is -0.856. The Morgan fingerprint density at radius 1 is 1.10 bits per heavy atom. The molecular formula is C24H34N2O3. The van der Waals surface area contributed by atoms with Crippen LogP contribution in [-0.2, 0) is 16.0 Å². The van der Waals surface area contributed by atoms with Gasteiger partial charge in [0, 0.05) is 25.9 Å². The van der Waals surface area contributed by atoms with Gasteiger partial charge in [-0.2, -0.15) is 0 Å². The van der Waals surface area contributed by atoms with Crippen molar-refractivity contribution in [3.63, 3.8) is 0 Å². The Morgan fingerprint density at radius 2 is 1.83 bits per heavy atom. The predicted octanol–water partition coefficient (Wildman–Crippen LogP) is 3.16. The molecule has 1 aliphatic heterocycles. The molecule has 0 bridgehead atoms. The van der Waals surface area contributed by atoms with E-state index in [2.05, 4.69) is 34.5 Å². The summed E-state index contributed by atoms with van der Waals surface area (Å²) >= 11 is 0. The molecule has 2 saturated carbocycles. The predicted molar refractivity (Wildman–Crippen MR) is 112 cm³/mol. The first-order valence-corrected chi connectivity index (χ1v) is 11.4. The minimum absolute atomic E-state index is 0.130. The molecule has 5 nitrogen and oxygen atoms in total. The molecule has 0 aromatic heterocycles. The highest BCUT2D eigenvalue weighted by Crippen LogP contribution is 2.41. The standard InChI is InChI=1S/C24H34N2O3/c27-20-10-13-24(29,14-11-20)17-25-16-22(28)26-15-12-18-6-4-5-9-21(18)23(26)19-7-2-1-3-8-19/h4-6,9,19,23,25,29H,1-3,7-8,10-17H2. The highest BCUT2D eigenvalue weighted by Gasteiger charge is 2.37. The molecule has 0 radical (unpaired) electrons. The number of Topliss-reactive ketones (excluding diaryl/α,β-unsaturated/α-hetero) is 1. The Balaban J connectivity index is 1.41. The van der Waals surface area contributed by atoms with Crippen molar-refractivity contribution in [3.05, 3.63) is 35.4 Å². The summed E-state index contributed by atoms with van der Waals surface area (Å²) in [6.07, 6.45) is 9.01. The average molecular weight is 399 g/mol. The van der Waals surface area contributed by atoms with Gasteiger partial charge in [-0.15, -0.1) is 0 Å². The third-order valence-electron chi connectivity index (χ3n) is 7.22. The molecule has 2 N–H and O–H groups in total. The summed E-state index contributed by atoms with van der Waals surface area (Å²) in [5.74, 6) is 0.904. The molecule has 2 aliphatic carbocycles. The molecule has 3 aliphatic rings. The van der Waals surface area contributed by atoms with E-state index in [1.807, 2.05) is 0 Å². The van der Waals surface area contributed by atoms with E-state index >= 15 is 0 Å². The number of carbonyl (C=O) groups excluding carboxylic acids is 2. The van der Waals surface area contributed by atoms with Gasteiger partial charge in [-0.3, -0.25) is 9.59 Å². The number of carbonyl (C=O) groups is 2. The average Bonchev–Trinajstić information content (AvgIpc) is 2.76. The van der Waals surface area contributed by atoms with Crippen molar-refractivity contribution in [2.45, 2.75) is 75.9 Å². The third kappa shape index (κ3) is 4.72. The number of hydrogen-bond donors (Lipinski definition) is 2. The smallest absolute Gasteiger partial charge is 0.237 e. The van der Waals surface area contributed by atoms with E-state index in [1.54, 1.807) is 0 Å². The first kappa shape index (κ1) is 20.5. The molecule has 1 aromatic rings. The summed E-state index contributed by atoms with van der Waals surface area (Å²) < 4.78 is 0. The number of aliphatic hydroxyl groups is 1. The number of benzene rings is 1. The Bertz CT molecular complexity index is 731. The maximum atomic E-state index is 13.2. The second-order valence-corrected chi connectivity index (χ2v) is 9.25. The fraction of sp³-hybridized carbons (Fsp3) is 0.667. The Morgan fingerprint density at radius 3 is 2.59 bits per heavy atom. The van der Waals surface area contributed by atoms with Crippen molar-refractivity contribution in [1.29, 1.82) is 0 Å². The molecular weight excluding hydrogens is 364 g/mol. The van der Waals surface area contributed by atoms with E-state index in [1.165, 1.54) is 43.2 Å². The molecule has 29 heavy (non-hydrogen) atoms. The second-order valence-electron chi connectivity index (χ2n) is 9.25. The summed E-state index contributed by atoms with van der Waals surface area (Å²) in [7, 11) is 0. The Hall–Kier alpha value is -1.72. The van der Waals surface area contributed by atoms with Crippen molar-refractivity contribution in [2.24, 2.45) is 5.92 Å². The first-order valence-electron chi connectivity index (χ1n) is 11.4. The highest BCUT2D eigenvalue weighted by atomic mass is 16.3. The topological polar surface area (TPSA) is 69.6 Å². The number of amides is 1. The van der Waals surface area contributed by atoms with E-state index in [9.17, 15) is 14.7 Å². The molecule has 0 spiro atoms. The molecule has 2 fully saturated rings. The van der Waals surface area contributed by atoms with Crippen LogP contribution in [0.4, 0.5) is 0 Å². The summed E-state index contributed by atoms with van der Waals surface area (Å²) in [5.41, 5.74) is 1.87. The van der Waals surface area contributed by atoms with Gasteiger partial charge < -0.3 is 15.3 Å². The molecule has 0 saturated heterocycles. The lowest BCUT2D eigenvalue weighted by Crippen LogP contribution is -2.50. The fourth-order valence-corrected chi connectivity index (χ4v) is 5.51. The molecule has 1 heterocycles. The lowest BCUT2D eigenvalue weighted by molar-refractivity contribution is -0.135. The number of rotatable bonds is 5. The van der Waals surface area contributed by atoms with Gasteiger partial charge in [-0.25, -0.2) is 0 Å². The van der Waals surface area contributed by atoms with Gasteiger partial charge in [0.1, 0.15) is 5.78 Å². The van der Waals surface area contributed by atoms with Crippen LogP contribution >= 0.6 is 0 Å². The number of nitrogens with zero attached hydrogens (tertiary/aromatic N) is 1. The van der Waals surface area contributed by atoms with Crippen LogP contribution in [0.3, 0.4) is 0 Å². The normalized spacial score (nSPS) is 24.9. The van der Waals surface area contributed by atoms with Crippen LogP contribution < -0.4 is 5.32 Å². The van der Waals surface area contributed by atoms with Crippen LogP contribution in [-0.4, -0.2) is 46.9 Å². The molecule has 1 unspecified atom stereocenters. The largest absolute Gasteiger partial charge is 0.389 e. The van der Waals surface area contributed by atoms with Gasteiger partial charge in [0.25, 0.3) is 0 Å². The maximum Gasteiger partial charge on any atom is 0.237 e. The zero-order valence-corrected chi connectivity index (χ0v) is 17.4. The molecule has 158 valence electrons. The van der Waals surface area contributed by atoms with Crippen LogP contribution in [0.2, 0.25) is 0 Å². The number of fused-ring (bicyclic) bond motifs is 1. The van der Waals surface area contributed by atoms with Crippen LogP contribution in [0.25, 0.3) is 0 Å². The minimum Gasteiger partial charge on any atom is -0.389 e. The lowest BCUT2D eigenvalue weighted by atomic mass is 9.77. The van der Waals surface area contributed by atoms with Gasteiger partial charge >= 0.3 is 0 Å². The molecule has 1 aromatic carbocycles. The number of ketones is 1. The number of hydrogen-bond acceptors (Lipinski definition) is 4. The van der Waals surface area contributed by atoms with E-state index in [4.69, 9.17) is 0 Å². The number of nitrogens with one attached hydrogen (secondary N) is 1. The van der Waals surface area contributed by atoms with Crippen molar-refractivity contribution in [1.82, 2.24) is 10.2 Å². The summed E-state index contributed by atoms with van der Waals surface area (Å²) in [6.45, 7) is 1.41. The fourth-order valence-electron chi connectivity index (χ4n) is 5.51. The van der Waals surface area contributed by atoms with Crippen molar-refractivity contribution in [3.8, 4) is 0 Å². The lowest BCUT2D eigenvalue weighted by Gasteiger charge is -2.43. The molecule has 4 rings (SSSR count). The molecule has 1 amide bonds. The first-order chi connectivity index (χ1) is 14.1. The summed E-state index contributed by atoms with van der Waals surface area (Å²) in [4.78, 5) is 26.7. The van der Waals surface area contributed by atoms with Gasteiger partial charge in [0.15, 0.2) is 0 Å². The quantitative estimate of drug-likeness (QED) is 0.799. The van der Waals surface area contributed by atoms with Crippen LogP contribution in [0.5, 0.6) is 0 Å². The van der Waals surface area contributed by atoms with Crippen molar-refractivity contribution in [2.75, 3.05) is 19.6 Å². The summed E-state index contributed by atoms with van der Waals surface area (Å²) in [5, 5.41) is 13.9. The highest BCUT2D eigenvalue weighted by molar-refractivity contribution is 5.80. The molecule has 5 heteroatoms. The maximum absolute atomic E-state index is 13.2. The van der Waals surface area contributed by atoms with Crippen LogP contribution in [0.15, 0.2) is 24.3 Å². The van der Waals surface area contributed by atoms with E-state index in [0.717, 1.165) is 13.0 Å². The van der Waals surface area contributed by atoms with E-state index in [0.29, 0.717) is 38.1 Å². The Kier molecular flexibility index (Phi) is 6.35. The molecule has 1 atom stereocenters. The monoisotopic (exact) mass is 398 g/mol. The van der Waals surface area contributed by atoms with E-state index in [-0.39, 0.29) is 24.3 Å². The van der Waals surface area contributed by atoms with Gasteiger partial charge in [0.2, 0.25) is 5.91 Å². The van der Waals surface area contributed by atoms with Gasteiger partial charge in [-0.1, -0.05) is 43.5 Å².